The zero-order chi connectivity index (χ0) is 24.0. The largest absolute Gasteiger partial charge is 0.494 e. The Morgan fingerprint density at radius 2 is 1.91 bits per heavy atom. The molecule has 0 aliphatic heterocycles. The highest BCUT2D eigenvalue weighted by atomic mass is 19.4. The second-order valence-corrected chi connectivity index (χ2v) is 7.76. The zero-order valence-electron chi connectivity index (χ0n) is 18.4. The van der Waals surface area contributed by atoms with Crippen LogP contribution in [0.5, 0.6) is 11.6 Å². The minimum atomic E-state index is -4.64. The molecule has 2 aromatic rings. The average Bonchev–Trinajstić information content (AvgIpc) is 2.79. The van der Waals surface area contributed by atoms with Crippen LogP contribution in [-0.4, -0.2) is 40.4 Å². The average molecular weight is 468 g/mol. The fraction of sp³-hybridized carbons (Fsp3) is 0.500. The summed E-state index contributed by atoms with van der Waals surface area (Å²) in [5.41, 5.74) is -0.338. The van der Waals surface area contributed by atoms with E-state index in [1.807, 2.05) is 6.92 Å². The van der Waals surface area contributed by atoms with E-state index in [2.05, 4.69) is 20.6 Å². The van der Waals surface area contributed by atoms with Crippen molar-refractivity contribution in [2.75, 3.05) is 12.4 Å². The van der Waals surface area contributed by atoms with E-state index in [4.69, 9.17) is 9.47 Å². The highest BCUT2D eigenvalue weighted by molar-refractivity contribution is 5.91. The van der Waals surface area contributed by atoms with E-state index in [-0.39, 0.29) is 29.1 Å². The molecule has 0 spiro atoms. The van der Waals surface area contributed by atoms with E-state index in [0.29, 0.717) is 31.6 Å². The van der Waals surface area contributed by atoms with Gasteiger partial charge < -0.3 is 25.2 Å². The van der Waals surface area contributed by atoms with Gasteiger partial charge in [-0.2, -0.15) is 13.2 Å². The van der Waals surface area contributed by atoms with E-state index in [1.165, 1.54) is 13.4 Å². The standard InChI is InChI=1S/C22H27F3N4O4/c1-3-15-10-19(27-12-26-15)33-17-6-4-16(5-7-17)28-21(31)29-18-9-14(22(23,24)25)8-13(11-30)20(18)32-2/h8-10,12,16-17,30H,3-7,11H2,1-2H3,(H2,28,29,31). The van der Waals surface area contributed by atoms with Crippen LogP contribution in [0.1, 0.15) is 49.4 Å². The first kappa shape index (κ1) is 24.6. The number of anilines is 1. The van der Waals surface area contributed by atoms with Crippen molar-refractivity contribution in [1.29, 1.82) is 0 Å². The second kappa shape index (κ2) is 10.7. The molecule has 1 saturated carbocycles. The Morgan fingerprint density at radius 1 is 1.18 bits per heavy atom. The van der Waals surface area contributed by atoms with Crippen molar-refractivity contribution in [2.45, 2.75) is 64.0 Å². The second-order valence-electron chi connectivity index (χ2n) is 7.76. The third kappa shape index (κ3) is 6.47. The number of carbonyl (C=O) groups is 1. The minimum Gasteiger partial charge on any atom is -0.494 e. The lowest BCUT2D eigenvalue weighted by atomic mass is 9.93. The van der Waals surface area contributed by atoms with Crippen LogP contribution in [0, 0.1) is 0 Å². The highest BCUT2D eigenvalue weighted by Gasteiger charge is 2.33. The Balaban J connectivity index is 1.58. The van der Waals surface area contributed by atoms with Crippen molar-refractivity contribution < 1.29 is 32.5 Å². The maximum Gasteiger partial charge on any atom is 0.416 e. The number of aryl methyl sites for hydroxylation is 1. The molecule has 1 aliphatic rings. The van der Waals surface area contributed by atoms with Crippen LogP contribution < -0.4 is 20.1 Å². The molecule has 2 amide bonds. The van der Waals surface area contributed by atoms with Gasteiger partial charge in [-0.15, -0.1) is 0 Å². The molecule has 0 saturated heterocycles. The van der Waals surface area contributed by atoms with Crippen molar-refractivity contribution >= 4 is 11.7 Å². The molecular formula is C22H27F3N4O4. The molecule has 8 nitrogen and oxygen atoms in total. The van der Waals surface area contributed by atoms with Gasteiger partial charge in [-0.05, 0) is 44.2 Å². The normalized spacial score (nSPS) is 18.5. The molecule has 1 aromatic heterocycles. The van der Waals surface area contributed by atoms with Crippen LogP contribution in [0.4, 0.5) is 23.7 Å². The number of carbonyl (C=O) groups excluding carboxylic acids is 1. The maximum absolute atomic E-state index is 13.2. The highest BCUT2D eigenvalue weighted by Crippen LogP contribution is 2.38. The number of aliphatic hydroxyl groups excluding tert-OH is 1. The summed E-state index contributed by atoms with van der Waals surface area (Å²) in [7, 11) is 1.26. The molecular weight excluding hydrogens is 441 g/mol. The minimum absolute atomic E-state index is 0.0194. The number of benzene rings is 1. The van der Waals surface area contributed by atoms with Crippen molar-refractivity contribution in [3.63, 3.8) is 0 Å². The van der Waals surface area contributed by atoms with E-state index >= 15 is 0 Å². The van der Waals surface area contributed by atoms with Crippen LogP contribution >= 0.6 is 0 Å². The number of aliphatic hydroxyl groups is 1. The first-order chi connectivity index (χ1) is 15.7. The van der Waals surface area contributed by atoms with Crippen LogP contribution in [0.2, 0.25) is 0 Å². The number of amides is 2. The Kier molecular flexibility index (Phi) is 7.96. The van der Waals surface area contributed by atoms with Crippen molar-refractivity contribution in [3.05, 3.63) is 41.3 Å². The van der Waals surface area contributed by atoms with Gasteiger partial charge >= 0.3 is 12.2 Å². The lowest BCUT2D eigenvalue weighted by Gasteiger charge is -2.29. The Morgan fingerprint density at radius 3 is 2.52 bits per heavy atom. The van der Waals surface area contributed by atoms with Gasteiger partial charge in [0, 0.05) is 23.4 Å². The van der Waals surface area contributed by atoms with Gasteiger partial charge in [0.25, 0.3) is 0 Å². The van der Waals surface area contributed by atoms with Crippen LogP contribution in [0.3, 0.4) is 0 Å². The summed E-state index contributed by atoms with van der Waals surface area (Å²) in [5, 5.41) is 14.6. The zero-order valence-corrected chi connectivity index (χ0v) is 18.4. The molecule has 1 fully saturated rings. The smallest absolute Gasteiger partial charge is 0.416 e. The predicted molar refractivity (Wildman–Crippen MR) is 114 cm³/mol. The fourth-order valence-electron chi connectivity index (χ4n) is 3.78. The first-order valence-corrected chi connectivity index (χ1v) is 10.7. The Labute approximate surface area is 189 Å². The number of aromatic nitrogens is 2. The quantitative estimate of drug-likeness (QED) is 0.566. The van der Waals surface area contributed by atoms with Gasteiger partial charge in [0.15, 0.2) is 0 Å². The number of nitrogens with zero attached hydrogens (tertiary/aromatic N) is 2. The van der Waals surface area contributed by atoms with Crippen LogP contribution in [0.25, 0.3) is 0 Å². The number of nitrogens with one attached hydrogen (secondary N) is 2. The van der Waals surface area contributed by atoms with Gasteiger partial charge in [-0.25, -0.2) is 14.8 Å². The van der Waals surface area contributed by atoms with E-state index < -0.39 is 24.4 Å². The molecule has 1 aliphatic carbocycles. The van der Waals surface area contributed by atoms with Gasteiger partial charge in [0.2, 0.25) is 5.88 Å². The molecule has 3 N–H and O–H groups in total. The molecule has 0 atom stereocenters. The van der Waals surface area contributed by atoms with Crippen LogP contribution in [-0.2, 0) is 19.2 Å². The summed E-state index contributed by atoms with van der Waals surface area (Å²) in [6.07, 6.45) is 0.244. The summed E-state index contributed by atoms with van der Waals surface area (Å²) < 4.78 is 50.6. The maximum atomic E-state index is 13.2. The molecule has 180 valence electrons. The van der Waals surface area contributed by atoms with Crippen molar-refractivity contribution in [1.82, 2.24) is 15.3 Å². The van der Waals surface area contributed by atoms with Gasteiger partial charge in [-0.1, -0.05) is 6.92 Å². The first-order valence-electron chi connectivity index (χ1n) is 10.7. The Hall–Kier alpha value is -3.08. The number of ether oxygens (including phenoxy) is 2. The lowest BCUT2D eigenvalue weighted by molar-refractivity contribution is -0.137. The fourth-order valence-corrected chi connectivity index (χ4v) is 3.78. The van der Waals surface area contributed by atoms with Gasteiger partial charge in [-0.3, -0.25) is 0 Å². The molecule has 11 heteroatoms. The van der Waals surface area contributed by atoms with Crippen LogP contribution in [0.15, 0.2) is 24.5 Å². The summed E-state index contributed by atoms with van der Waals surface area (Å²) >= 11 is 0. The Bertz CT molecular complexity index is 963. The molecule has 33 heavy (non-hydrogen) atoms. The van der Waals surface area contributed by atoms with Gasteiger partial charge in [0.05, 0.1) is 25.0 Å². The van der Waals surface area contributed by atoms with E-state index in [0.717, 1.165) is 24.2 Å². The van der Waals surface area contributed by atoms with Gasteiger partial charge in [0.1, 0.15) is 18.2 Å². The predicted octanol–water partition coefficient (Wildman–Crippen LogP) is 4.07. The number of hydrogen-bond acceptors (Lipinski definition) is 6. The number of halogens is 3. The summed E-state index contributed by atoms with van der Waals surface area (Å²) in [6.45, 7) is 1.33. The number of rotatable bonds is 7. The summed E-state index contributed by atoms with van der Waals surface area (Å²) in [6, 6.07) is 2.58. The van der Waals surface area contributed by atoms with Crippen molar-refractivity contribution in [2.24, 2.45) is 0 Å². The SMILES string of the molecule is CCc1cc(OC2CCC(NC(=O)Nc3cc(C(F)(F)F)cc(CO)c3OC)CC2)ncn1. The molecule has 0 bridgehead atoms. The molecule has 3 rings (SSSR count). The van der Waals surface area contributed by atoms with E-state index in [1.54, 1.807) is 6.07 Å². The third-order valence-corrected chi connectivity index (χ3v) is 5.47. The summed E-state index contributed by atoms with van der Waals surface area (Å²) in [4.78, 5) is 20.8. The number of alkyl halides is 3. The number of hydrogen-bond donors (Lipinski definition) is 3. The van der Waals surface area contributed by atoms with E-state index in [9.17, 15) is 23.1 Å². The molecule has 1 aromatic carbocycles. The lowest BCUT2D eigenvalue weighted by Crippen LogP contribution is -2.41. The third-order valence-electron chi connectivity index (χ3n) is 5.47. The topological polar surface area (TPSA) is 106 Å². The molecule has 0 radical (unpaired) electrons. The van der Waals surface area contributed by atoms with Crippen molar-refractivity contribution in [3.8, 4) is 11.6 Å². The monoisotopic (exact) mass is 468 g/mol. The summed E-state index contributed by atoms with van der Waals surface area (Å²) in [5.74, 6) is 0.501. The number of urea groups is 1. The molecule has 1 heterocycles. The molecule has 0 unspecified atom stereocenters. The number of methoxy groups -OCH3 is 1.